The Bertz CT molecular complexity index is 1240. The predicted octanol–water partition coefficient (Wildman–Crippen LogP) is 7.00. The first-order chi connectivity index (χ1) is 15.7. The lowest BCUT2D eigenvalue weighted by Crippen LogP contribution is -2.47. The van der Waals surface area contributed by atoms with Crippen LogP contribution >= 0.6 is 0 Å². The van der Waals surface area contributed by atoms with Gasteiger partial charge in [-0.25, -0.2) is 0 Å². The molecule has 2 aromatic carbocycles. The summed E-state index contributed by atoms with van der Waals surface area (Å²) in [6.45, 7) is 22.3. The lowest BCUT2D eigenvalue weighted by molar-refractivity contribution is -0.101. The standard InChI is InChI=1S/C31H41NO2/c1-12-24-25(29(33)34-11)22-15-20-18(3)13-17(2)14-21(20)27-26(22)28(32(24)10)19(4)23(31(27,8)9)16-30(5,6)7/h12-16,24-25,29,33H,1H2,2-11H3/b23-16+. The SMILES string of the molecule is C=CC1C(C(O)OC)c2cc3c(C)cc(C)cc3c3c2C(=C(C)/C(=C\C(C)(C)C)C3(C)C)N1C. The quantitative estimate of drug-likeness (QED) is 0.396. The molecule has 3 nitrogen and oxygen atoms in total. The van der Waals surface area contributed by atoms with Crippen molar-refractivity contribution in [3.63, 3.8) is 0 Å². The van der Waals surface area contributed by atoms with Gasteiger partial charge in [-0.3, -0.25) is 0 Å². The van der Waals surface area contributed by atoms with E-state index in [1.165, 1.54) is 49.9 Å². The molecule has 0 amide bonds. The van der Waals surface area contributed by atoms with E-state index in [0.29, 0.717) is 0 Å². The zero-order valence-corrected chi connectivity index (χ0v) is 22.6. The molecule has 3 atom stereocenters. The van der Waals surface area contributed by atoms with Crippen LogP contribution in [0.1, 0.15) is 75.3 Å². The van der Waals surface area contributed by atoms with Gasteiger partial charge in [0.25, 0.3) is 0 Å². The van der Waals surface area contributed by atoms with Gasteiger partial charge in [-0.15, -0.1) is 6.58 Å². The maximum atomic E-state index is 11.1. The molecule has 0 spiro atoms. The molecule has 0 saturated heterocycles. The number of aryl methyl sites for hydroxylation is 2. The number of hydrogen-bond acceptors (Lipinski definition) is 3. The summed E-state index contributed by atoms with van der Waals surface area (Å²) in [5.41, 5.74) is 10.1. The largest absolute Gasteiger partial charge is 0.367 e. The molecule has 4 rings (SSSR count). The average molecular weight is 460 g/mol. The number of rotatable bonds is 3. The van der Waals surface area contributed by atoms with Gasteiger partial charge in [-0.05, 0) is 70.9 Å². The summed E-state index contributed by atoms with van der Waals surface area (Å²) in [6, 6.07) is 6.82. The van der Waals surface area contributed by atoms with Crippen molar-refractivity contribution in [2.75, 3.05) is 14.2 Å². The van der Waals surface area contributed by atoms with E-state index in [9.17, 15) is 5.11 Å². The van der Waals surface area contributed by atoms with Crippen molar-refractivity contribution in [3.05, 3.63) is 75.9 Å². The molecule has 2 aromatic rings. The number of likely N-dealkylation sites (N-methyl/N-ethyl adjacent to an activating group) is 1. The molecule has 3 unspecified atom stereocenters. The van der Waals surface area contributed by atoms with Crippen LogP contribution in [0, 0.1) is 19.3 Å². The normalized spacial score (nSPS) is 24.0. The van der Waals surface area contributed by atoms with Gasteiger partial charge in [0.2, 0.25) is 0 Å². The Kier molecular flexibility index (Phi) is 5.90. The number of ether oxygens (including phenoxy) is 1. The van der Waals surface area contributed by atoms with E-state index in [1.807, 2.05) is 6.08 Å². The summed E-state index contributed by atoms with van der Waals surface area (Å²) in [6.07, 6.45) is 3.48. The van der Waals surface area contributed by atoms with Crippen LogP contribution < -0.4 is 0 Å². The molecule has 3 heteroatoms. The van der Waals surface area contributed by atoms with E-state index in [0.717, 1.165) is 5.56 Å². The van der Waals surface area contributed by atoms with Crippen molar-refractivity contribution in [1.82, 2.24) is 4.90 Å². The van der Waals surface area contributed by atoms with Crippen molar-refractivity contribution in [2.24, 2.45) is 5.41 Å². The fraction of sp³-hybridized carbons (Fsp3) is 0.484. The highest BCUT2D eigenvalue weighted by Gasteiger charge is 2.47. The minimum Gasteiger partial charge on any atom is -0.367 e. The molecule has 34 heavy (non-hydrogen) atoms. The molecular formula is C31H41NO2. The zero-order chi connectivity index (χ0) is 25.3. The molecule has 0 fully saturated rings. The van der Waals surface area contributed by atoms with E-state index >= 15 is 0 Å². The molecule has 1 N–H and O–H groups in total. The van der Waals surface area contributed by atoms with Crippen molar-refractivity contribution >= 4 is 16.5 Å². The van der Waals surface area contributed by atoms with Crippen LogP contribution in [-0.4, -0.2) is 36.5 Å². The topological polar surface area (TPSA) is 32.7 Å². The Morgan fingerprint density at radius 1 is 1.12 bits per heavy atom. The van der Waals surface area contributed by atoms with Crippen LogP contribution in [-0.2, 0) is 10.2 Å². The smallest absolute Gasteiger partial charge is 0.163 e. The Balaban J connectivity index is 2.28. The lowest BCUT2D eigenvalue weighted by atomic mass is 9.62. The summed E-state index contributed by atoms with van der Waals surface area (Å²) in [5.74, 6) is -0.230. The third kappa shape index (κ3) is 3.56. The molecule has 0 aromatic heterocycles. The van der Waals surface area contributed by atoms with Crippen LogP contribution in [0.25, 0.3) is 16.5 Å². The third-order valence-corrected chi connectivity index (χ3v) is 7.83. The van der Waals surface area contributed by atoms with E-state index in [-0.39, 0.29) is 22.8 Å². The lowest BCUT2D eigenvalue weighted by Gasteiger charge is -2.50. The summed E-state index contributed by atoms with van der Waals surface area (Å²) in [5, 5.41) is 13.6. The van der Waals surface area contributed by atoms with E-state index < -0.39 is 6.29 Å². The molecule has 1 aliphatic heterocycles. The van der Waals surface area contributed by atoms with Gasteiger partial charge in [0.15, 0.2) is 6.29 Å². The van der Waals surface area contributed by atoms with Gasteiger partial charge in [0.1, 0.15) is 0 Å². The fourth-order valence-corrected chi connectivity index (χ4v) is 6.48. The molecule has 2 aliphatic rings. The molecule has 182 valence electrons. The van der Waals surface area contributed by atoms with Crippen molar-refractivity contribution in [2.45, 2.75) is 79.1 Å². The zero-order valence-electron chi connectivity index (χ0n) is 22.6. The summed E-state index contributed by atoms with van der Waals surface area (Å²) in [4.78, 5) is 2.31. The Morgan fingerprint density at radius 2 is 1.76 bits per heavy atom. The number of methoxy groups -OCH3 is 1. The number of allylic oxidation sites excluding steroid dienone is 3. The van der Waals surface area contributed by atoms with Crippen molar-refractivity contribution in [3.8, 4) is 0 Å². The first-order valence-corrected chi connectivity index (χ1v) is 12.3. The first kappa shape index (κ1) is 24.8. The number of aliphatic hydroxyl groups excluding tert-OH is 1. The Hall–Kier alpha value is -2.36. The molecule has 0 radical (unpaired) electrons. The monoisotopic (exact) mass is 459 g/mol. The summed E-state index contributed by atoms with van der Waals surface area (Å²) >= 11 is 0. The van der Waals surface area contributed by atoms with E-state index in [1.54, 1.807) is 7.11 Å². The summed E-state index contributed by atoms with van der Waals surface area (Å²) in [7, 11) is 3.71. The molecule has 0 saturated carbocycles. The minimum atomic E-state index is -0.922. The first-order valence-electron chi connectivity index (χ1n) is 12.3. The van der Waals surface area contributed by atoms with Crippen LogP contribution in [0.2, 0.25) is 0 Å². The highest BCUT2D eigenvalue weighted by Crippen LogP contribution is 2.56. The molecule has 1 aliphatic carbocycles. The molecule has 0 bridgehead atoms. The fourth-order valence-electron chi connectivity index (χ4n) is 6.48. The summed E-state index contributed by atoms with van der Waals surface area (Å²) < 4.78 is 5.53. The van der Waals surface area contributed by atoms with Crippen LogP contribution in [0.4, 0.5) is 0 Å². The molecular weight excluding hydrogens is 418 g/mol. The van der Waals surface area contributed by atoms with Crippen molar-refractivity contribution in [1.29, 1.82) is 0 Å². The van der Waals surface area contributed by atoms with E-state index in [4.69, 9.17) is 4.74 Å². The van der Waals surface area contributed by atoms with Crippen LogP contribution in [0.3, 0.4) is 0 Å². The highest BCUT2D eigenvalue weighted by molar-refractivity contribution is 5.99. The van der Waals surface area contributed by atoms with Crippen molar-refractivity contribution < 1.29 is 9.84 Å². The van der Waals surface area contributed by atoms with Gasteiger partial charge in [-0.2, -0.15) is 0 Å². The molecule has 1 heterocycles. The maximum Gasteiger partial charge on any atom is 0.163 e. The second kappa shape index (κ2) is 8.10. The predicted molar refractivity (Wildman–Crippen MR) is 144 cm³/mol. The minimum absolute atomic E-state index is 0.0467. The number of nitrogens with zero attached hydrogens (tertiary/aromatic N) is 1. The third-order valence-electron chi connectivity index (χ3n) is 7.83. The van der Waals surface area contributed by atoms with Gasteiger partial charge in [0.05, 0.1) is 12.0 Å². The number of hydrogen-bond donors (Lipinski definition) is 1. The van der Waals surface area contributed by atoms with E-state index in [2.05, 4.69) is 98.2 Å². The van der Waals surface area contributed by atoms with Crippen LogP contribution in [0.15, 0.2) is 48.1 Å². The number of fused-ring (bicyclic) bond motifs is 2. The van der Waals surface area contributed by atoms with Gasteiger partial charge >= 0.3 is 0 Å². The number of aliphatic hydroxyl groups is 1. The second-order valence-corrected chi connectivity index (χ2v) is 11.9. The van der Waals surface area contributed by atoms with Crippen LogP contribution in [0.5, 0.6) is 0 Å². The Morgan fingerprint density at radius 3 is 2.32 bits per heavy atom. The maximum absolute atomic E-state index is 11.1. The number of benzene rings is 2. The Labute approximate surface area is 205 Å². The van der Waals surface area contributed by atoms with Gasteiger partial charge < -0.3 is 14.7 Å². The second-order valence-electron chi connectivity index (χ2n) is 11.9. The highest BCUT2D eigenvalue weighted by atomic mass is 16.6. The average Bonchev–Trinajstić information content (AvgIpc) is 2.73. The van der Waals surface area contributed by atoms with Gasteiger partial charge in [-0.1, -0.05) is 64.5 Å². The van der Waals surface area contributed by atoms with Gasteiger partial charge in [0, 0.05) is 30.8 Å².